The third-order valence-electron chi connectivity index (χ3n) is 6.23. The van der Waals surface area contributed by atoms with Crippen molar-refractivity contribution in [3.63, 3.8) is 0 Å². The average Bonchev–Trinajstić information content (AvgIpc) is 2.82. The van der Waals surface area contributed by atoms with Gasteiger partial charge in [0.05, 0.1) is 5.70 Å². The maximum atomic E-state index is 13.4. The zero-order valence-electron chi connectivity index (χ0n) is 17.1. The molecule has 2 fully saturated rings. The molecule has 0 amide bonds. The summed E-state index contributed by atoms with van der Waals surface area (Å²) >= 11 is 0. The van der Waals surface area contributed by atoms with Gasteiger partial charge in [0, 0.05) is 37.8 Å². The molecule has 3 aliphatic rings. The molecule has 0 bridgehead atoms. The van der Waals surface area contributed by atoms with Crippen molar-refractivity contribution in [2.24, 2.45) is 0 Å². The molecule has 0 saturated carbocycles. The molecule has 1 aliphatic carbocycles. The van der Waals surface area contributed by atoms with Gasteiger partial charge in [-0.1, -0.05) is 30.3 Å². The van der Waals surface area contributed by atoms with Gasteiger partial charge in [-0.3, -0.25) is 9.59 Å². The molecule has 154 valence electrons. The number of anilines is 1. The van der Waals surface area contributed by atoms with Crippen LogP contribution in [0.1, 0.15) is 59.5 Å². The summed E-state index contributed by atoms with van der Waals surface area (Å²) < 4.78 is 0. The van der Waals surface area contributed by atoms with E-state index in [0.717, 1.165) is 63.2 Å². The molecule has 30 heavy (non-hydrogen) atoms. The van der Waals surface area contributed by atoms with E-state index in [1.807, 2.05) is 35.2 Å². The molecule has 5 rings (SSSR count). The largest absolute Gasteiger partial charge is 0.368 e. The lowest BCUT2D eigenvalue weighted by molar-refractivity contribution is 0.0936. The van der Waals surface area contributed by atoms with E-state index in [0.29, 0.717) is 11.4 Å². The van der Waals surface area contributed by atoms with Crippen LogP contribution in [-0.4, -0.2) is 52.6 Å². The van der Waals surface area contributed by atoms with Crippen molar-refractivity contribution in [3.05, 3.63) is 53.5 Å². The van der Waals surface area contributed by atoms with Crippen molar-refractivity contribution in [1.29, 1.82) is 0 Å². The number of hydrogen-bond acceptors (Lipinski definition) is 6. The first-order valence-corrected chi connectivity index (χ1v) is 11.0. The van der Waals surface area contributed by atoms with Crippen molar-refractivity contribution in [3.8, 4) is 11.3 Å². The minimum absolute atomic E-state index is 0.170. The number of fused-ring (bicyclic) bond motifs is 1. The van der Waals surface area contributed by atoms with E-state index in [1.54, 1.807) is 0 Å². The topological polar surface area (TPSA) is 66.4 Å². The van der Waals surface area contributed by atoms with E-state index in [-0.39, 0.29) is 23.0 Å². The van der Waals surface area contributed by atoms with E-state index in [2.05, 4.69) is 4.90 Å². The summed E-state index contributed by atoms with van der Waals surface area (Å²) in [6.45, 7) is 3.41. The molecular weight excluding hydrogens is 376 g/mol. The fraction of sp³-hybridized carbons (Fsp3) is 0.417. The number of carbonyl (C=O) groups is 2. The van der Waals surface area contributed by atoms with Gasteiger partial charge in [0.2, 0.25) is 11.6 Å². The van der Waals surface area contributed by atoms with E-state index < -0.39 is 0 Å². The number of allylic oxidation sites excluding steroid dienone is 2. The second-order valence-corrected chi connectivity index (χ2v) is 8.28. The number of nitrogens with zero attached hydrogens (tertiary/aromatic N) is 4. The summed E-state index contributed by atoms with van der Waals surface area (Å²) in [6.07, 6.45) is 8.13. The normalized spacial score (nSPS) is 19.5. The first-order valence-electron chi connectivity index (χ1n) is 11.0. The molecule has 2 saturated heterocycles. The molecule has 1 aromatic carbocycles. The third-order valence-corrected chi connectivity index (χ3v) is 6.23. The van der Waals surface area contributed by atoms with Crippen LogP contribution in [0.2, 0.25) is 0 Å². The standard InChI is InChI=1S/C24H26N4O2/c29-19-16-18(27-12-6-2-7-13-27)23(30)22-21(19)25-20(17-10-4-1-5-11-17)24(26-22)28-14-8-3-9-15-28/h1,4-5,10-11,16H,2-3,6-9,12-15H2. The van der Waals surface area contributed by atoms with Gasteiger partial charge in [0.15, 0.2) is 5.82 Å². The van der Waals surface area contributed by atoms with E-state index in [1.165, 1.54) is 18.9 Å². The summed E-state index contributed by atoms with van der Waals surface area (Å²) in [6, 6.07) is 9.83. The first-order chi connectivity index (χ1) is 14.7. The Kier molecular flexibility index (Phi) is 5.07. The Morgan fingerprint density at radius 2 is 1.30 bits per heavy atom. The predicted octanol–water partition coefficient (Wildman–Crippen LogP) is 3.88. The summed E-state index contributed by atoms with van der Waals surface area (Å²) in [5, 5.41) is 0. The highest BCUT2D eigenvalue weighted by Gasteiger charge is 2.34. The number of ketones is 2. The van der Waals surface area contributed by atoms with Crippen molar-refractivity contribution in [2.75, 3.05) is 31.1 Å². The van der Waals surface area contributed by atoms with Crippen molar-refractivity contribution < 1.29 is 9.59 Å². The smallest absolute Gasteiger partial charge is 0.229 e. The molecule has 2 aromatic rings. The Labute approximate surface area is 176 Å². The zero-order valence-corrected chi connectivity index (χ0v) is 17.1. The first kappa shape index (κ1) is 19.0. The van der Waals surface area contributed by atoms with Gasteiger partial charge >= 0.3 is 0 Å². The van der Waals surface area contributed by atoms with Crippen LogP contribution in [0.25, 0.3) is 11.3 Å². The number of piperidine rings is 2. The second-order valence-electron chi connectivity index (χ2n) is 8.28. The van der Waals surface area contributed by atoms with Crippen LogP contribution in [0.5, 0.6) is 0 Å². The molecule has 6 nitrogen and oxygen atoms in total. The molecule has 1 aromatic heterocycles. The molecule has 0 N–H and O–H groups in total. The number of benzene rings is 1. The number of hydrogen-bond donors (Lipinski definition) is 0. The van der Waals surface area contributed by atoms with Crippen molar-refractivity contribution in [1.82, 2.24) is 14.9 Å². The van der Waals surface area contributed by atoms with Crippen molar-refractivity contribution >= 4 is 17.4 Å². The number of likely N-dealkylation sites (tertiary alicyclic amines) is 1. The molecule has 0 unspecified atom stereocenters. The second kappa shape index (κ2) is 8.01. The van der Waals surface area contributed by atoms with Gasteiger partial charge in [-0.2, -0.15) is 0 Å². The van der Waals surface area contributed by atoms with Gasteiger partial charge in [-0.15, -0.1) is 0 Å². The van der Waals surface area contributed by atoms with Gasteiger partial charge in [0.1, 0.15) is 17.1 Å². The Hall–Kier alpha value is -3.02. The van der Waals surface area contributed by atoms with E-state index in [9.17, 15) is 9.59 Å². The minimum Gasteiger partial charge on any atom is -0.368 e. The monoisotopic (exact) mass is 402 g/mol. The highest BCUT2D eigenvalue weighted by Crippen LogP contribution is 2.33. The molecule has 2 aliphatic heterocycles. The molecule has 0 radical (unpaired) electrons. The molecule has 6 heteroatoms. The highest BCUT2D eigenvalue weighted by molar-refractivity contribution is 6.23. The van der Waals surface area contributed by atoms with Crippen LogP contribution in [0, 0.1) is 0 Å². The predicted molar refractivity (Wildman–Crippen MR) is 116 cm³/mol. The number of aromatic nitrogens is 2. The Morgan fingerprint density at radius 3 is 1.97 bits per heavy atom. The quantitative estimate of drug-likeness (QED) is 0.776. The fourth-order valence-electron chi connectivity index (χ4n) is 4.62. The van der Waals surface area contributed by atoms with Crippen LogP contribution in [0.3, 0.4) is 0 Å². The average molecular weight is 402 g/mol. The van der Waals surface area contributed by atoms with Crippen LogP contribution < -0.4 is 4.90 Å². The SMILES string of the molecule is O=C1C=C(N2CCCCC2)C(=O)c2nc(N3CCCCC3)c(-c3ccccc3)nc21. The summed E-state index contributed by atoms with van der Waals surface area (Å²) in [4.78, 5) is 40.2. The molecule has 3 heterocycles. The van der Waals surface area contributed by atoms with Gasteiger partial charge in [0.25, 0.3) is 0 Å². The molecular formula is C24H26N4O2. The highest BCUT2D eigenvalue weighted by atomic mass is 16.1. The van der Waals surface area contributed by atoms with Crippen LogP contribution in [-0.2, 0) is 0 Å². The fourth-order valence-corrected chi connectivity index (χ4v) is 4.62. The lowest BCUT2D eigenvalue weighted by Gasteiger charge is -2.33. The molecule has 0 atom stereocenters. The van der Waals surface area contributed by atoms with Gasteiger partial charge in [-0.25, -0.2) is 9.97 Å². The zero-order chi connectivity index (χ0) is 20.5. The number of carbonyl (C=O) groups excluding carboxylic acids is 2. The Morgan fingerprint density at radius 1 is 0.667 bits per heavy atom. The number of rotatable bonds is 3. The van der Waals surface area contributed by atoms with E-state index in [4.69, 9.17) is 9.97 Å². The molecule has 0 spiro atoms. The minimum atomic E-state index is -0.222. The summed E-state index contributed by atoms with van der Waals surface area (Å²) in [5.41, 5.74) is 2.48. The number of Topliss-reactive ketones (excluding diaryl/α,β-unsaturated/α-hetero) is 1. The van der Waals surface area contributed by atoms with Crippen LogP contribution in [0.4, 0.5) is 5.82 Å². The Bertz CT molecular complexity index is 1000. The summed E-state index contributed by atoms with van der Waals surface area (Å²) in [5.74, 6) is 0.331. The lowest BCUT2D eigenvalue weighted by atomic mass is 9.98. The summed E-state index contributed by atoms with van der Waals surface area (Å²) in [7, 11) is 0. The van der Waals surface area contributed by atoms with Gasteiger partial charge < -0.3 is 9.80 Å². The van der Waals surface area contributed by atoms with Crippen LogP contribution >= 0.6 is 0 Å². The van der Waals surface area contributed by atoms with Crippen LogP contribution in [0.15, 0.2) is 42.1 Å². The van der Waals surface area contributed by atoms with E-state index >= 15 is 0 Å². The third kappa shape index (κ3) is 3.40. The maximum Gasteiger partial charge on any atom is 0.229 e. The Balaban J connectivity index is 1.61. The van der Waals surface area contributed by atoms with Crippen molar-refractivity contribution in [2.45, 2.75) is 38.5 Å². The lowest BCUT2D eigenvalue weighted by Crippen LogP contribution is -2.37. The van der Waals surface area contributed by atoms with Gasteiger partial charge in [-0.05, 0) is 38.5 Å². The maximum absolute atomic E-state index is 13.4.